The fourth-order valence-corrected chi connectivity index (χ4v) is 1.90. The van der Waals surface area contributed by atoms with Crippen LogP contribution in [0.2, 0.25) is 0 Å². The molecule has 0 bridgehead atoms. The van der Waals surface area contributed by atoms with Crippen molar-refractivity contribution in [3.05, 3.63) is 41.6 Å². The summed E-state index contributed by atoms with van der Waals surface area (Å²) in [6.45, 7) is 4.61. The van der Waals surface area contributed by atoms with Gasteiger partial charge in [-0.15, -0.1) is 0 Å². The van der Waals surface area contributed by atoms with E-state index in [1.54, 1.807) is 12.1 Å². The molecule has 0 atom stereocenters. The van der Waals surface area contributed by atoms with Gasteiger partial charge in [-0.1, -0.05) is 18.2 Å². The van der Waals surface area contributed by atoms with Crippen molar-refractivity contribution in [2.75, 3.05) is 0 Å². The molecule has 88 valence electrons. The summed E-state index contributed by atoms with van der Waals surface area (Å²) in [4.78, 5) is 11.2. The van der Waals surface area contributed by atoms with Crippen molar-refractivity contribution < 1.29 is 9.90 Å². The van der Waals surface area contributed by atoms with E-state index in [0.717, 1.165) is 17.9 Å². The number of aryl methyl sites for hydroxylation is 2. The van der Waals surface area contributed by atoms with E-state index in [9.17, 15) is 4.79 Å². The molecule has 0 aliphatic carbocycles. The Morgan fingerprint density at radius 1 is 1.41 bits per heavy atom. The number of benzene rings is 1. The quantitative estimate of drug-likeness (QED) is 0.881. The summed E-state index contributed by atoms with van der Waals surface area (Å²) in [5.74, 6) is -0.915. The maximum atomic E-state index is 11.2. The predicted molar refractivity (Wildman–Crippen MR) is 65.0 cm³/mol. The lowest BCUT2D eigenvalue weighted by Crippen LogP contribution is -2.04. The van der Waals surface area contributed by atoms with Gasteiger partial charge in [0.2, 0.25) is 0 Å². The highest BCUT2D eigenvalue weighted by Gasteiger charge is 2.14. The summed E-state index contributed by atoms with van der Waals surface area (Å²) in [7, 11) is 0. The van der Waals surface area contributed by atoms with Crippen LogP contribution in [-0.2, 0) is 6.54 Å². The Kier molecular flexibility index (Phi) is 2.95. The Balaban J connectivity index is 2.63. The standard InChI is InChI=1S/C13H14N2O2/c1-3-15-12(8-9(2)14-15)10-6-4-5-7-11(10)13(16)17/h4-8H,3H2,1-2H3,(H,16,17). The highest BCUT2D eigenvalue weighted by Crippen LogP contribution is 2.24. The molecule has 1 N–H and O–H groups in total. The normalized spacial score (nSPS) is 10.5. The highest BCUT2D eigenvalue weighted by atomic mass is 16.4. The van der Waals surface area contributed by atoms with Gasteiger partial charge in [-0.3, -0.25) is 4.68 Å². The SMILES string of the molecule is CCn1nc(C)cc1-c1ccccc1C(=O)O. The molecule has 0 amide bonds. The molecule has 0 unspecified atom stereocenters. The van der Waals surface area contributed by atoms with Crippen molar-refractivity contribution in [3.63, 3.8) is 0 Å². The number of aromatic nitrogens is 2. The van der Waals surface area contributed by atoms with Crippen LogP contribution in [0.25, 0.3) is 11.3 Å². The van der Waals surface area contributed by atoms with Crippen LogP contribution in [0.3, 0.4) is 0 Å². The van der Waals surface area contributed by atoms with Crippen LogP contribution in [-0.4, -0.2) is 20.9 Å². The Morgan fingerprint density at radius 2 is 2.12 bits per heavy atom. The van der Waals surface area contributed by atoms with Crippen molar-refractivity contribution in [2.45, 2.75) is 20.4 Å². The molecular formula is C13H14N2O2. The topological polar surface area (TPSA) is 55.1 Å². The molecule has 0 aliphatic heterocycles. The molecule has 0 fully saturated rings. The summed E-state index contributed by atoms with van der Waals surface area (Å²) < 4.78 is 1.82. The zero-order chi connectivity index (χ0) is 12.4. The molecule has 2 aromatic rings. The second-order valence-electron chi connectivity index (χ2n) is 3.84. The van der Waals surface area contributed by atoms with Gasteiger partial charge in [-0.2, -0.15) is 5.10 Å². The molecule has 17 heavy (non-hydrogen) atoms. The van der Waals surface area contributed by atoms with E-state index < -0.39 is 5.97 Å². The van der Waals surface area contributed by atoms with Gasteiger partial charge in [0.15, 0.2) is 0 Å². The Hall–Kier alpha value is -2.10. The monoisotopic (exact) mass is 230 g/mol. The molecule has 1 heterocycles. The number of hydrogen-bond acceptors (Lipinski definition) is 2. The second kappa shape index (κ2) is 4.41. The first-order valence-corrected chi connectivity index (χ1v) is 5.50. The first-order valence-electron chi connectivity index (χ1n) is 5.50. The predicted octanol–water partition coefficient (Wildman–Crippen LogP) is 2.58. The van der Waals surface area contributed by atoms with E-state index in [1.807, 2.05) is 36.7 Å². The van der Waals surface area contributed by atoms with E-state index in [0.29, 0.717) is 11.1 Å². The molecule has 0 aliphatic rings. The van der Waals surface area contributed by atoms with Gasteiger partial charge < -0.3 is 5.11 Å². The minimum atomic E-state index is -0.915. The third kappa shape index (κ3) is 2.06. The van der Waals surface area contributed by atoms with Gasteiger partial charge in [0.1, 0.15) is 0 Å². The number of rotatable bonds is 3. The molecule has 0 saturated carbocycles. The van der Waals surface area contributed by atoms with Crippen molar-refractivity contribution in [2.24, 2.45) is 0 Å². The lowest BCUT2D eigenvalue weighted by atomic mass is 10.0. The van der Waals surface area contributed by atoms with E-state index in [4.69, 9.17) is 5.11 Å². The van der Waals surface area contributed by atoms with Crippen molar-refractivity contribution in [1.82, 2.24) is 9.78 Å². The fraction of sp³-hybridized carbons (Fsp3) is 0.231. The van der Waals surface area contributed by atoms with Crippen LogP contribution in [0.1, 0.15) is 23.0 Å². The van der Waals surface area contributed by atoms with Gasteiger partial charge in [0, 0.05) is 12.1 Å². The van der Waals surface area contributed by atoms with Crippen LogP contribution in [0.4, 0.5) is 0 Å². The molecule has 0 saturated heterocycles. The highest BCUT2D eigenvalue weighted by molar-refractivity contribution is 5.95. The van der Waals surface area contributed by atoms with E-state index in [2.05, 4.69) is 5.10 Å². The molecule has 0 radical (unpaired) electrons. The summed E-state index contributed by atoms with van der Waals surface area (Å²) in [6, 6.07) is 8.90. The largest absolute Gasteiger partial charge is 0.478 e. The first kappa shape index (κ1) is 11.4. The smallest absolute Gasteiger partial charge is 0.336 e. The van der Waals surface area contributed by atoms with E-state index in [-0.39, 0.29) is 0 Å². The Labute approximate surface area is 99.5 Å². The van der Waals surface area contributed by atoms with Crippen molar-refractivity contribution >= 4 is 5.97 Å². The molecule has 2 rings (SSSR count). The Bertz CT molecular complexity index is 558. The van der Waals surface area contributed by atoms with Crippen LogP contribution in [0, 0.1) is 6.92 Å². The summed E-state index contributed by atoms with van der Waals surface area (Å²) in [5, 5.41) is 13.5. The minimum absolute atomic E-state index is 0.308. The molecular weight excluding hydrogens is 216 g/mol. The minimum Gasteiger partial charge on any atom is -0.478 e. The van der Waals surface area contributed by atoms with Crippen LogP contribution in [0.5, 0.6) is 0 Å². The van der Waals surface area contributed by atoms with Gasteiger partial charge in [-0.05, 0) is 26.0 Å². The number of aromatic carboxylic acids is 1. The zero-order valence-corrected chi connectivity index (χ0v) is 9.84. The van der Waals surface area contributed by atoms with Gasteiger partial charge >= 0.3 is 5.97 Å². The van der Waals surface area contributed by atoms with Crippen LogP contribution in [0.15, 0.2) is 30.3 Å². The Morgan fingerprint density at radius 3 is 2.76 bits per heavy atom. The van der Waals surface area contributed by atoms with Crippen molar-refractivity contribution in [3.8, 4) is 11.3 Å². The van der Waals surface area contributed by atoms with Crippen LogP contribution < -0.4 is 0 Å². The first-order chi connectivity index (χ1) is 8.13. The van der Waals surface area contributed by atoms with Gasteiger partial charge in [0.05, 0.1) is 17.0 Å². The number of carboxylic acid groups (broad SMARTS) is 1. The lowest BCUT2D eigenvalue weighted by molar-refractivity contribution is 0.0697. The van der Waals surface area contributed by atoms with Crippen molar-refractivity contribution in [1.29, 1.82) is 0 Å². The fourth-order valence-electron chi connectivity index (χ4n) is 1.90. The third-order valence-electron chi connectivity index (χ3n) is 2.64. The third-order valence-corrected chi connectivity index (χ3v) is 2.64. The summed E-state index contributed by atoms with van der Waals surface area (Å²) in [5.41, 5.74) is 2.76. The average Bonchev–Trinajstić information content (AvgIpc) is 2.70. The molecule has 4 heteroatoms. The zero-order valence-electron chi connectivity index (χ0n) is 9.84. The van der Waals surface area contributed by atoms with Crippen LogP contribution >= 0.6 is 0 Å². The average molecular weight is 230 g/mol. The van der Waals surface area contributed by atoms with E-state index in [1.165, 1.54) is 0 Å². The maximum absolute atomic E-state index is 11.2. The number of hydrogen-bond donors (Lipinski definition) is 1. The summed E-state index contributed by atoms with van der Waals surface area (Å²) >= 11 is 0. The summed E-state index contributed by atoms with van der Waals surface area (Å²) in [6.07, 6.45) is 0. The lowest BCUT2D eigenvalue weighted by Gasteiger charge is -2.07. The van der Waals surface area contributed by atoms with Gasteiger partial charge in [0.25, 0.3) is 0 Å². The molecule has 0 spiro atoms. The maximum Gasteiger partial charge on any atom is 0.336 e. The molecule has 1 aromatic heterocycles. The number of carbonyl (C=O) groups is 1. The number of nitrogens with zero attached hydrogens (tertiary/aromatic N) is 2. The van der Waals surface area contributed by atoms with E-state index >= 15 is 0 Å². The second-order valence-corrected chi connectivity index (χ2v) is 3.84. The molecule has 1 aromatic carbocycles. The van der Waals surface area contributed by atoms with Gasteiger partial charge in [-0.25, -0.2) is 4.79 Å². The molecule has 4 nitrogen and oxygen atoms in total. The number of carboxylic acids is 1.